The van der Waals surface area contributed by atoms with Gasteiger partial charge in [0.15, 0.2) is 16.6 Å². The highest BCUT2D eigenvalue weighted by atomic mass is 32.1. The molecule has 0 bridgehead atoms. The number of amides is 1. The van der Waals surface area contributed by atoms with Gasteiger partial charge in [-0.3, -0.25) is 14.5 Å². The average molecular weight is 635 g/mol. The number of carbonyl (C=O) groups is 3. The Morgan fingerprint density at radius 3 is 2.60 bits per heavy atom. The van der Waals surface area contributed by atoms with Crippen molar-refractivity contribution in [3.8, 4) is 17.2 Å². The van der Waals surface area contributed by atoms with Gasteiger partial charge < -0.3 is 24.1 Å². The van der Waals surface area contributed by atoms with Gasteiger partial charge in [0.2, 0.25) is 0 Å². The molecule has 11 heteroatoms. The molecule has 0 aliphatic carbocycles. The Labute approximate surface area is 266 Å². The molecule has 3 aromatic rings. The minimum absolute atomic E-state index is 0.00981. The molecule has 5 rings (SSSR count). The molecule has 1 saturated heterocycles. The number of aryl methyl sites for hydroxylation is 1. The fourth-order valence-electron chi connectivity index (χ4n) is 5.56. The van der Waals surface area contributed by atoms with Crippen molar-refractivity contribution in [2.45, 2.75) is 72.4 Å². The maximum absolute atomic E-state index is 13.8. The maximum atomic E-state index is 13.8. The number of unbranched alkanes of at least 4 members (excludes halogenated alkanes) is 2. The van der Waals surface area contributed by atoms with Crippen LogP contribution in [0.1, 0.15) is 85.1 Å². The van der Waals surface area contributed by atoms with Gasteiger partial charge in [0.1, 0.15) is 22.5 Å². The Balaban J connectivity index is 1.65. The van der Waals surface area contributed by atoms with Crippen molar-refractivity contribution in [2.75, 3.05) is 24.7 Å². The summed E-state index contributed by atoms with van der Waals surface area (Å²) < 4.78 is 22.9. The van der Waals surface area contributed by atoms with E-state index < -0.39 is 23.7 Å². The molecule has 0 unspecified atom stereocenters. The van der Waals surface area contributed by atoms with Gasteiger partial charge in [0, 0.05) is 12.0 Å². The van der Waals surface area contributed by atoms with Crippen LogP contribution >= 0.6 is 11.3 Å². The van der Waals surface area contributed by atoms with Crippen LogP contribution in [0.2, 0.25) is 0 Å². The number of anilines is 1. The highest BCUT2D eigenvalue weighted by molar-refractivity contribution is 7.17. The summed E-state index contributed by atoms with van der Waals surface area (Å²) in [5, 5.41) is 11.8. The van der Waals surface area contributed by atoms with Crippen LogP contribution in [0.15, 0.2) is 42.0 Å². The van der Waals surface area contributed by atoms with Gasteiger partial charge in [0.25, 0.3) is 5.78 Å². The van der Waals surface area contributed by atoms with Crippen LogP contribution in [-0.2, 0) is 20.7 Å². The number of thiazole rings is 1. The Bertz CT molecular complexity index is 1640. The summed E-state index contributed by atoms with van der Waals surface area (Å²) in [6, 6.07) is 9.36. The number of esters is 1. The van der Waals surface area contributed by atoms with E-state index in [0.717, 1.165) is 41.9 Å². The second-order valence-corrected chi connectivity index (χ2v) is 11.9. The van der Waals surface area contributed by atoms with E-state index in [0.29, 0.717) is 48.0 Å². The second kappa shape index (κ2) is 13.7. The van der Waals surface area contributed by atoms with Crippen LogP contribution in [0.25, 0.3) is 5.76 Å². The average Bonchev–Trinajstić information content (AvgIpc) is 3.67. The lowest BCUT2D eigenvalue weighted by Crippen LogP contribution is -2.29. The molecule has 45 heavy (non-hydrogen) atoms. The third-order valence-electron chi connectivity index (χ3n) is 7.65. The van der Waals surface area contributed by atoms with Crippen LogP contribution < -0.4 is 19.1 Å². The normalized spacial score (nSPS) is 18.6. The number of rotatable bonds is 12. The van der Waals surface area contributed by atoms with Crippen molar-refractivity contribution in [3.05, 3.63) is 69.2 Å². The number of ketones is 1. The van der Waals surface area contributed by atoms with E-state index in [2.05, 4.69) is 11.9 Å². The summed E-state index contributed by atoms with van der Waals surface area (Å²) in [5.74, 6) is -0.923. The quantitative estimate of drug-likeness (QED) is 0.0777. The zero-order valence-electron chi connectivity index (χ0n) is 26.2. The third kappa shape index (κ3) is 6.40. The molecular formula is C34H38N2O8S. The molecule has 2 aliphatic heterocycles. The molecule has 1 N–H and O–H groups in total. The highest BCUT2D eigenvalue weighted by Gasteiger charge is 2.49. The van der Waals surface area contributed by atoms with Crippen LogP contribution in [0.5, 0.6) is 17.2 Å². The van der Waals surface area contributed by atoms with Crippen molar-refractivity contribution in [1.82, 2.24) is 4.98 Å². The maximum Gasteiger partial charge on any atom is 0.350 e. The minimum Gasteiger partial charge on any atom is -0.507 e. The lowest BCUT2D eigenvalue weighted by Gasteiger charge is -2.24. The van der Waals surface area contributed by atoms with E-state index >= 15 is 0 Å². The first kappa shape index (κ1) is 32.0. The summed E-state index contributed by atoms with van der Waals surface area (Å²) in [4.78, 5) is 46.1. The van der Waals surface area contributed by atoms with E-state index in [9.17, 15) is 19.5 Å². The predicted octanol–water partition coefficient (Wildman–Crippen LogP) is 6.55. The van der Waals surface area contributed by atoms with Crippen molar-refractivity contribution in [1.29, 1.82) is 0 Å². The third-order valence-corrected chi connectivity index (χ3v) is 8.79. The number of aliphatic hydroxyl groups excluding tert-OH is 1. The van der Waals surface area contributed by atoms with E-state index in [1.807, 2.05) is 13.8 Å². The summed E-state index contributed by atoms with van der Waals surface area (Å²) in [7, 11) is 0. The molecule has 1 fully saturated rings. The van der Waals surface area contributed by atoms with Crippen LogP contribution in [-0.4, -0.2) is 53.7 Å². The Kier molecular flexibility index (Phi) is 9.77. The number of carbonyl (C=O) groups excluding carboxylic acids is 3. The summed E-state index contributed by atoms with van der Waals surface area (Å²) in [6.45, 7) is 10.3. The molecule has 238 valence electrons. The van der Waals surface area contributed by atoms with E-state index in [1.165, 1.54) is 4.90 Å². The smallest absolute Gasteiger partial charge is 0.350 e. The monoisotopic (exact) mass is 634 g/mol. The van der Waals surface area contributed by atoms with Crippen molar-refractivity contribution < 1.29 is 38.4 Å². The predicted molar refractivity (Wildman–Crippen MR) is 170 cm³/mol. The first-order valence-corrected chi connectivity index (χ1v) is 16.1. The summed E-state index contributed by atoms with van der Waals surface area (Å²) in [6.07, 6.45) is 3.63. The number of fused-ring (bicyclic) bond motifs is 1. The van der Waals surface area contributed by atoms with Gasteiger partial charge in [-0.2, -0.15) is 0 Å². The van der Waals surface area contributed by atoms with Crippen LogP contribution in [0.3, 0.4) is 0 Å². The first-order valence-electron chi connectivity index (χ1n) is 15.3. The number of aromatic nitrogens is 1. The lowest BCUT2D eigenvalue weighted by molar-refractivity contribution is -0.132. The fourth-order valence-corrected chi connectivity index (χ4v) is 6.55. The number of aliphatic hydroxyl groups is 1. The number of Topliss-reactive ketones (excluding diaryl/α,β-unsaturated/α-hetero) is 1. The van der Waals surface area contributed by atoms with E-state index in [1.54, 1.807) is 50.2 Å². The van der Waals surface area contributed by atoms with Crippen molar-refractivity contribution >= 4 is 39.9 Å². The number of ether oxygens (including phenoxy) is 4. The molecule has 1 amide bonds. The fraction of sp³-hybridized carbons (Fsp3) is 0.412. The second-order valence-electron chi connectivity index (χ2n) is 11.0. The minimum atomic E-state index is -1.07. The number of nitrogens with zero attached hydrogens (tertiary/aromatic N) is 2. The molecule has 10 nitrogen and oxygen atoms in total. The largest absolute Gasteiger partial charge is 0.507 e. The number of hydrogen-bond donors (Lipinski definition) is 1. The number of hydrogen-bond acceptors (Lipinski definition) is 10. The van der Waals surface area contributed by atoms with Gasteiger partial charge in [-0.25, -0.2) is 9.78 Å². The van der Waals surface area contributed by atoms with Gasteiger partial charge in [-0.05, 0) is 75.6 Å². The van der Waals surface area contributed by atoms with Crippen LogP contribution in [0.4, 0.5) is 5.13 Å². The number of benzene rings is 2. The molecule has 3 heterocycles. The zero-order chi connectivity index (χ0) is 32.2. The molecule has 2 aliphatic rings. The van der Waals surface area contributed by atoms with E-state index in [-0.39, 0.29) is 34.1 Å². The SMILES string of the molecule is CCCCCOc1ccc([C@@H]2/C(=C(\O)c3ccc4c(c3)C[C@@H](C)O4)C(=O)C(=O)N2c2nc(C)c(C(=O)OCC)s2)cc1OCC. The van der Waals surface area contributed by atoms with E-state index in [4.69, 9.17) is 18.9 Å². The Hall–Kier alpha value is -4.38. The topological polar surface area (TPSA) is 124 Å². The van der Waals surface area contributed by atoms with Crippen molar-refractivity contribution in [2.24, 2.45) is 0 Å². The van der Waals surface area contributed by atoms with Gasteiger partial charge >= 0.3 is 11.9 Å². The Morgan fingerprint density at radius 1 is 1.07 bits per heavy atom. The standard InChI is InChI=1S/C34H38N2O8S/c1-6-9-10-15-43-25-14-11-21(18-26(25)41-7-2)28-27(29(37)22-12-13-24-23(17-22)16-19(4)44-24)30(38)32(39)36(28)34-35-20(5)31(45-34)33(40)42-8-3/h11-14,17-19,28,37H,6-10,15-16H2,1-5H3/b29-27+/t19-,28-/m1/s1. The lowest BCUT2D eigenvalue weighted by atomic mass is 9.94. The summed E-state index contributed by atoms with van der Waals surface area (Å²) in [5.41, 5.74) is 2.06. The zero-order valence-corrected chi connectivity index (χ0v) is 27.0. The molecule has 0 radical (unpaired) electrons. The Morgan fingerprint density at radius 2 is 1.87 bits per heavy atom. The summed E-state index contributed by atoms with van der Waals surface area (Å²) >= 11 is 0.959. The van der Waals surface area contributed by atoms with Crippen LogP contribution in [0, 0.1) is 6.92 Å². The molecule has 0 saturated carbocycles. The first-order chi connectivity index (χ1) is 21.7. The van der Waals surface area contributed by atoms with Gasteiger partial charge in [-0.1, -0.05) is 37.2 Å². The van der Waals surface area contributed by atoms with Gasteiger partial charge in [-0.15, -0.1) is 0 Å². The molecular weight excluding hydrogens is 596 g/mol. The highest BCUT2D eigenvalue weighted by Crippen LogP contribution is 2.46. The molecule has 2 atom stereocenters. The molecule has 2 aromatic carbocycles. The molecule has 0 spiro atoms. The van der Waals surface area contributed by atoms with Crippen molar-refractivity contribution in [3.63, 3.8) is 0 Å². The molecule has 1 aromatic heterocycles. The van der Waals surface area contributed by atoms with Gasteiger partial charge in [0.05, 0.1) is 37.1 Å².